The van der Waals surface area contributed by atoms with E-state index in [1.807, 2.05) is 0 Å². The first-order valence-corrected chi connectivity index (χ1v) is 4.99. The third-order valence-corrected chi connectivity index (χ3v) is 2.87. The Labute approximate surface area is 81.5 Å². The minimum Gasteiger partial charge on any atom is -0.373 e. The molecule has 0 aromatic rings. The number of rotatable bonds is 1. The minimum absolute atomic E-state index is 0.281. The molecule has 0 aliphatic carbocycles. The summed E-state index contributed by atoms with van der Waals surface area (Å²) in [6, 6.07) is 0. The molecule has 1 rings (SSSR count). The van der Waals surface area contributed by atoms with Crippen LogP contribution in [0.2, 0.25) is 0 Å². The Hall–Kier alpha value is -0.560. The summed E-state index contributed by atoms with van der Waals surface area (Å²) in [4.78, 5) is 0. The van der Waals surface area contributed by atoms with Crippen LogP contribution in [0.3, 0.4) is 0 Å². The second-order valence-corrected chi connectivity index (χ2v) is 4.08. The Morgan fingerprint density at radius 1 is 1.31 bits per heavy atom. The van der Waals surface area contributed by atoms with Crippen molar-refractivity contribution in [1.82, 2.24) is 0 Å². The second-order valence-electron chi connectivity index (χ2n) is 4.08. The van der Waals surface area contributed by atoms with Gasteiger partial charge in [0.1, 0.15) is 0 Å². The van der Waals surface area contributed by atoms with Crippen LogP contribution in [0.25, 0.3) is 0 Å². The normalized spacial score (nSPS) is 23.3. The van der Waals surface area contributed by atoms with E-state index in [0.717, 1.165) is 13.0 Å². The number of hydrogen-bond acceptors (Lipinski definition) is 1. The summed E-state index contributed by atoms with van der Waals surface area (Å²) >= 11 is 0. The minimum atomic E-state index is 0.281. The predicted molar refractivity (Wildman–Crippen MR) is 56.8 cm³/mol. The maximum atomic E-state index is 5.64. The highest BCUT2D eigenvalue weighted by molar-refractivity contribution is 5.39. The van der Waals surface area contributed by atoms with E-state index in [0.29, 0.717) is 0 Å². The summed E-state index contributed by atoms with van der Waals surface area (Å²) in [7, 11) is 0. The number of allylic oxidation sites excluding steroid dienone is 1. The highest BCUT2D eigenvalue weighted by atomic mass is 16.5. The van der Waals surface area contributed by atoms with E-state index in [2.05, 4.69) is 34.6 Å². The Kier molecular flexibility index (Phi) is 3.32. The van der Waals surface area contributed by atoms with Gasteiger partial charge in [-0.15, -0.1) is 0 Å². The molecule has 0 fully saturated rings. The van der Waals surface area contributed by atoms with E-state index in [9.17, 15) is 0 Å². The van der Waals surface area contributed by atoms with Crippen molar-refractivity contribution in [2.24, 2.45) is 0 Å². The third-order valence-electron chi connectivity index (χ3n) is 2.87. The summed E-state index contributed by atoms with van der Waals surface area (Å²) in [5.41, 5.74) is 5.72. The molecular formula is C12H20O. The van der Waals surface area contributed by atoms with Crippen LogP contribution in [0.4, 0.5) is 0 Å². The topological polar surface area (TPSA) is 9.23 Å². The first-order chi connectivity index (χ1) is 6.04. The number of hydrogen-bond donors (Lipinski definition) is 0. The van der Waals surface area contributed by atoms with Gasteiger partial charge in [-0.2, -0.15) is 0 Å². The van der Waals surface area contributed by atoms with Gasteiger partial charge in [-0.3, -0.25) is 0 Å². The standard InChI is InChI=1S/C12H20O/c1-8(2)10(4)12-9(3)6-7-13-11(12)5/h11H,6-7H2,1-5H3. The summed E-state index contributed by atoms with van der Waals surface area (Å²) in [5.74, 6) is 0. The van der Waals surface area contributed by atoms with Crippen LogP contribution < -0.4 is 0 Å². The van der Waals surface area contributed by atoms with Crippen molar-refractivity contribution in [3.8, 4) is 0 Å². The zero-order chi connectivity index (χ0) is 10.0. The van der Waals surface area contributed by atoms with Crippen molar-refractivity contribution in [2.45, 2.75) is 47.1 Å². The lowest BCUT2D eigenvalue weighted by atomic mass is 9.91. The molecule has 1 nitrogen and oxygen atoms in total. The van der Waals surface area contributed by atoms with Crippen LogP contribution in [0, 0.1) is 0 Å². The molecule has 0 spiro atoms. The van der Waals surface area contributed by atoms with Crippen LogP contribution >= 0.6 is 0 Å². The quantitative estimate of drug-likeness (QED) is 0.600. The number of ether oxygens (including phenoxy) is 1. The molecule has 1 aliphatic rings. The van der Waals surface area contributed by atoms with Gasteiger partial charge in [-0.25, -0.2) is 0 Å². The van der Waals surface area contributed by atoms with Crippen molar-refractivity contribution in [3.63, 3.8) is 0 Å². The Bertz CT molecular complexity index is 254. The Balaban J connectivity index is 3.06. The monoisotopic (exact) mass is 180 g/mol. The Morgan fingerprint density at radius 3 is 2.38 bits per heavy atom. The summed E-state index contributed by atoms with van der Waals surface area (Å²) < 4.78 is 5.64. The fraction of sp³-hybridized carbons (Fsp3) is 0.667. The van der Waals surface area contributed by atoms with Crippen LogP contribution in [0.15, 0.2) is 22.3 Å². The molecule has 0 N–H and O–H groups in total. The van der Waals surface area contributed by atoms with E-state index >= 15 is 0 Å². The van der Waals surface area contributed by atoms with Crippen LogP contribution in [-0.4, -0.2) is 12.7 Å². The first kappa shape index (κ1) is 10.5. The zero-order valence-corrected chi connectivity index (χ0v) is 9.40. The van der Waals surface area contributed by atoms with Crippen LogP contribution in [0.1, 0.15) is 41.0 Å². The molecule has 0 saturated carbocycles. The largest absolute Gasteiger partial charge is 0.373 e. The second kappa shape index (κ2) is 4.10. The van der Waals surface area contributed by atoms with Crippen molar-refractivity contribution >= 4 is 0 Å². The van der Waals surface area contributed by atoms with Gasteiger partial charge in [0.2, 0.25) is 0 Å². The van der Waals surface area contributed by atoms with E-state index in [-0.39, 0.29) is 6.10 Å². The highest BCUT2D eigenvalue weighted by Crippen LogP contribution is 2.28. The molecule has 0 bridgehead atoms. The Morgan fingerprint density at radius 2 is 1.92 bits per heavy atom. The first-order valence-electron chi connectivity index (χ1n) is 4.99. The van der Waals surface area contributed by atoms with Gasteiger partial charge < -0.3 is 4.74 Å². The third kappa shape index (κ3) is 2.22. The average Bonchev–Trinajstić information content (AvgIpc) is 2.03. The van der Waals surface area contributed by atoms with Crippen LogP contribution in [0.5, 0.6) is 0 Å². The fourth-order valence-corrected chi connectivity index (χ4v) is 1.85. The summed E-state index contributed by atoms with van der Waals surface area (Å²) in [6.45, 7) is 11.8. The molecule has 74 valence electrons. The average molecular weight is 180 g/mol. The van der Waals surface area contributed by atoms with Crippen molar-refractivity contribution in [1.29, 1.82) is 0 Å². The molecule has 1 atom stereocenters. The SMILES string of the molecule is CC(C)=C(C)C1=C(C)CCOC1C. The molecule has 0 amide bonds. The fourth-order valence-electron chi connectivity index (χ4n) is 1.85. The molecule has 1 heterocycles. The van der Waals surface area contributed by atoms with Gasteiger partial charge in [0, 0.05) is 0 Å². The molecular weight excluding hydrogens is 160 g/mol. The predicted octanol–water partition coefficient (Wildman–Crippen LogP) is 3.47. The van der Waals surface area contributed by atoms with E-state index in [4.69, 9.17) is 4.74 Å². The summed E-state index contributed by atoms with van der Waals surface area (Å²) in [6.07, 6.45) is 1.37. The van der Waals surface area contributed by atoms with Gasteiger partial charge >= 0.3 is 0 Å². The molecule has 0 aromatic heterocycles. The van der Waals surface area contributed by atoms with Gasteiger partial charge in [0.25, 0.3) is 0 Å². The molecule has 0 radical (unpaired) electrons. The van der Waals surface area contributed by atoms with Gasteiger partial charge in [-0.05, 0) is 52.2 Å². The lowest BCUT2D eigenvalue weighted by molar-refractivity contribution is 0.0814. The van der Waals surface area contributed by atoms with E-state index in [1.54, 1.807) is 0 Å². The van der Waals surface area contributed by atoms with E-state index in [1.165, 1.54) is 22.3 Å². The molecule has 13 heavy (non-hydrogen) atoms. The van der Waals surface area contributed by atoms with Gasteiger partial charge in [0.15, 0.2) is 0 Å². The van der Waals surface area contributed by atoms with Gasteiger partial charge in [0.05, 0.1) is 12.7 Å². The maximum absolute atomic E-state index is 5.64. The lowest BCUT2D eigenvalue weighted by Gasteiger charge is -2.26. The maximum Gasteiger partial charge on any atom is 0.0798 e. The summed E-state index contributed by atoms with van der Waals surface area (Å²) in [5, 5.41) is 0. The smallest absolute Gasteiger partial charge is 0.0798 e. The highest BCUT2D eigenvalue weighted by Gasteiger charge is 2.18. The van der Waals surface area contributed by atoms with Crippen molar-refractivity contribution in [2.75, 3.05) is 6.61 Å². The van der Waals surface area contributed by atoms with Crippen molar-refractivity contribution < 1.29 is 4.74 Å². The van der Waals surface area contributed by atoms with Crippen LogP contribution in [-0.2, 0) is 4.74 Å². The zero-order valence-electron chi connectivity index (χ0n) is 9.40. The van der Waals surface area contributed by atoms with Gasteiger partial charge in [-0.1, -0.05) is 11.1 Å². The molecule has 1 unspecified atom stereocenters. The molecule has 0 aromatic carbocycles. The molecule has 1 aliphatic heterocycles. The van der Waals surface area contributed by atoms with E-state index < -0.39 is 0 Å². The molecule has 1 heteroatoms. The van der Waals surface area contributed by atoms with Crippen molar-refractivity contribution in [3.05, 3.63) is 22.3 Å². The lowest BCUT2D eigenvalue weighted by Crippen LogP contribution is -2.20. The molecule has 0 saturated heterocycles.